The van der Waals surface area contributed by atoms with Crippen LogP contribution in [0, 0.1) is 25.2 Å². The molecule has 0 radical (unpaired) electrons. The van der Waals surface area contributed by atoms with E-state index in [9.17, 15) is 14.6 Å². The molecule has 0 unspecified atom stereocenters. The molecule has 0 saturated carbocycles. The Morgan fingerprint density at radius 3 is 2.58 bits per heavy atom. The van der Waals surface area contributed by atoms with E-state index < -0.39 is 13.7 Å². The molecule has 12 heteroatoms. The van der Waals surface area contributed by atoms with E-state index in [0.717, 1.165) is 5.56 Å². The predicted octanol–water partition coefficient (Wildman–Crippen LogP) is 3.28. The summed E-state index contributed by atoms with van der Waals surface area (Å²) in [4.78, 5) is 35.3. The van der Waals surface area contributed by atoms with Crippen molar-refractivity contribution in [1.82, 2.24) is 14.7 Å². The number of imidazole rings is 1. The molecule has 4 rings (SSSR count). The molecule has 0 aliphatic rings. The Hall–Kier alpha value is -3.97. The molecule has 4 aromatic rings. The van der Waals surface area contributed by atoms with Crippen LogP contribution in [0.2, 0.25) is 0 Å². The van der Waals surface area contributed by atoms with Crippen molar-refractivity contribution in [2.75, 3.05) is 5.32 Å². The van der Waals surface area contributed by atoms with Gasteiger partial charge in [0.25, 0.3) is 5.91 Å². The van der Waals surface area contributed by atoms with Crippen molar-refractivity contribution in [3.63, 3.8) is 0 Å². The summed E-state index contributed by atoms with van der Waals surface area (Å²) >= 11 is 0. The summed E-state index contributed by atoms with van der Waals surface area (Å²) in [5.41, 5.74) is 3.13. The fourth-order valence-electron chi connectivity index (χ4n) is 3.40. The zero-order valence-corrected chi connectivity index (χ0v) is 18.4. The van der Waals surface area contributed by atoms with Crippen molar-refractivity contribution >= 4 is 30.7 Å². The highest BCUT2D eigenvalue weighted by Crippen LogP contribution is 2.37. The molecule has 0 spiro atoms. The lowest BCUT2D eigenvalue weighted by Gasteiger charge is -2.11. The van der Waals surface area contributed by atoms with Gasteiger partial charge in [-0.2, -0.15) is 5.26 Å². The highest BCUT2D eigenvalue weighted by molar-refractivity contribution is 7.46. The van der Waals surface area contributed by atoms with E-state index in [4.69, 9.17) is 14.3 Å². The molecule has 0 aliphatic carbocycles. The number of carbonyl (C=O) groups excluding carboxylic acids is 1. The van der Waals surface area contributed by atoms with Gasteiger partial charge in [-0.15, -0.1) is 0 Å². The third-order valence-electron chi connectivity index (χ3n) is 4.85. The molecule has 0 aliphatic heterocycles. The molecule has 0 fully saturated rings. The lowest BCUT2D eigenvalue weighted by Crippen LogP contribution is -2.17. The minimum atomic E-state index is -4.66. The Bertz CT molecular complexity index is 1430. The second-order valence-electron chi connectivity index (χ2n) is 7.22. The van der Waals surface area contributed by atoms with Crippen molar-refractivity contribution in [1.29, 1.82) is 5.26 Å². The third-order valence-corrected chi connectivity index (χ3v) is 5.30. The van der Waals surface area contributed by atoms with Gasteiger partial charge in [-0.25, -0.2) is 9.55 Å². The summed E-state index contributed by atoms with van der Waals surface area (Å²) in [7, 11) is -4.66. The van der Waals surface area contributed by atoms with Crippen molar-refractivity contribution < 1.29 is 28.2 Å². The number of fused-ring (bicyclic) bond motifs is 1. The summed E-state index contributed by atoms with van der Waals surface area (Å²) in [5, 5.41) is 15.8. The summed E-state index contributed by atoms with van der Waals surface area (Å²) in [6, 6.07) is 13.2. The van der Waals surface area contributed by atoms with Crippen LogP contribution in [-0.4, -0.2) is 30.4 Å². The average Bonchev–Trinajstić information content (AvgIpc) is 3.26. The Labute approximate surface area is 187 Å². The van der Waals surface area contributed by atoms with Crippen LogP contribution in [-0.2, 0) is 11.1 Å². The maximum atomic E-state index is 12.9. The second-order valence-corrected chi connectivity index (χ2v) is 8.38. The van der Waals surface area contributed by atoms with Crippen molar-refractivity contribution in [2.45, 2.75) is 20.4 Å². The lowest BCUT2D eigenvalue weighted by molar-refractivity contribution is 0.102. The van der Waals surface area contributed by atoms with Crippen LogP contribution in [0.1, 0.15) is 32.9 Å². The summed E-state index contributed by atoms with van der Waals surface area (Å²) in [6.45, 7) is 3.57. The third kappa shape index (κ3) is 4.78. The molecule has 2 heterocycles. The number of amides is 1. The van der Waals surface area contributed by atoms with E-state index in [-0.39, 0.29) is 18.2 Å². The van der Waals surface area contributed by atoms with E-state index in [1.807, 2.05) is 0 Å². The first-order valence-electron chi connectivity index (χ1n) is 9.63. The fourth-order valence-corrected chi connectivity index (χ4v) is 3.80. The standard InChI is InChI=1S/C21H18N5O6P/c1-12-19(13(2)31-25-12)20(27)24-21-23-17-9-15(10-22)5-8-18(17)26(21)11-14-3-6-16(7-4-14)32-33(28,29)30/h3-9H,11H2,1-2H3,(H,23,24,27)(H2,28,29,30). The molecular formula is C21H18N5O6P. The molecule has 2 aromatic heterocycles. The molecular weight excluding hydrogens is 449 g/mol. The van der Waals surface area contributed by atoms with Gasteiger partial charge in [0.05, 0.1) is 34.9 Å². The first kappa shape index (κ1) is 22.2. The van der Waals surface area contributed by atoms with Gasteiger partial charge in [0.1, 0.15) is 17.1 Å². The summed E-state index contributed by atoms with van der Waals surface area (Å²) in [5.74, 6) is 0.211. The van der Waals surface area contributed by atoms with E-state index in [1.54, 1.807) is 48.7 Å². The number of nitrogens with zero attached hydrogens (tertiary/aromatic N) is 4. The Morgan fingerprint density at radius 2 is 1.97 bits per heavy atom. The van der Waals surface area contributed by atoms with E-state index in [1.165, 1.54) is 12.1 Å². The zero-order valence-electron chi connectivity index (χ0n) is 17.5. The van der Waals surface area contributed by atoms with Crippen molar-refractivity contribution in [2.24, 2.45) is 0 Å². The number of anilines is 1. The zero-order chi connectivity index (χ0) is 23.8. The van der Waals surface area contributed by atoms with Crippen LogP contribution >= 0.6 is 7.82 Å². The molecule has 0 saturated heterocycles. The van der Waals surface area contributed by atoms with Gasteiger partial charge in [-0.1, -0.05) is 17.3 Å². The number of hydrogen-bond donors (Lipinski definition) is 3. The Kier molecular flexibility index (Phi) is 5.74. The molecule has 0 bridgehead atoms. The van der Waals surface area contributed by atoms with Crippen molar-refractivity contribution in [3.05, 3.63) is 70.6 Å². The average molecular weight is 467 g/mol. The number of hydrogen-bond acceptors (Lipinski definition) is 7. The lowest BCUT2D eigenvalue weighted by atomic mass is 10.2. The van der Waals surface area contributed by atoms with Gasteiger partial charge < -0.3 is 13.6 Å². The number of aryl methyl sites for hydroxylation is 2. The fraction of sp³-hybridized carbons (Fsp3) is 0.143. The van der Waals surface area contributed by atoms with E-state index >= 15 is 0 Å². The second kappa shape index (κ2) is 8.52. The van der Waals surface area contributed by atoms with Crippen LogP contribution in [0.5, 0.6) is 5.75 Å². The number of phosphoric ester groups is 1. The van der Waals surface area contributed by atoms with E-state index in [0.29, 0.717) is 33.6 Å². The van der Waals surface area contributed by atoms with Gasteiger partial charge in [0, 0.05) is 0 Å². The van der Waals surface area contributed by atoms with Gasteiger partial charge in [0.15, 0.2) is 0 Å². The van der Waals surface area contributed by atoms with Crippen LogP contribution in [0.3, 0.4) is 0 Å². The van der Waals surface area contributed by atoms with Gasteiger partial charge in [-0.05, 0) is 49.7 Å². The maximum absolute atomic E-state index is 12.9. The van der Waals surface area contributed by atoms with E-state index in [2.05, 4.69) is 26.1 Å². The molecule has 11 nitrogen and oxygen atoms in total. The minimum Gasteiger partial charge on any atom is -0.404 e. The van der Waals surface area contributed by atoms with Crippen LogP contribution < -0.4 is 9.84 Å². The number of rotatable bonds is 6. The summed E-state index contributed by atoms with van der Waals surface area (Å²) < 4.78 is 22.4. The minimum absolute atomic E-state index is 0.0215. The van der Waals surface area contributed by atoms with Gasteiger partial charge >= 0.3 is 7.82 Å². The van der Waals surface area contributed by atoms with Crippen LogP contribution in [0.4, 0.5) is 5.95 Å². The SMILES string of the molecule is Cc1noc(C)c1C(=O)Nc1nc2cc(C#N)ccc2n1Cc1ccc(OP(=O)(O)O)cc1. The number of nitrogens with one attached hydrogen (secondary N) is 1. The topological polar surface area (TPSA) is 164 Å². The smallest absolute Gasteiger partial charge is 0.404 e. The Balaban J connectivity index is 1.71. The van der Waals surface area contributed by atoms with Crippen LogP contribution in [0.25, 0.3) is 11.0 Å². The van der Waals surface area contributed by atoms with Gasteiger partial charge in [-0.3, -0.25) is 19.9 Å². The highest BCUT2D eigenvalue weighted by atomic mass is 31.2. The number of phosphoric acid groups is 1. The molecule has 1 amide bonds. The number of aromatic nitrogens is 3. The largest absolute Gasteiger partial charge is 0.524 e. The number of benzene rings is 2. The highest BCUT2D eigenvalue weighted by Gasteiger charge is 2.21. The number of carbonyl (C=O) groups is 1. The first-order valence-corrected chi connectivity index (χ1v) is 11.2. The molecule has 168 valence electrons. The van der Waals surface area contributed by atoms with Crippen LogP contribution in [0.15, 0.2) is 47.0 Å². The predicted molar refractivity (Wildman–Crippen MR) is 117 cm³/mol. The summed E-state index contributed by atoms with van der Waals surface area (Å²) in [6.07, 6.45) is 0. The Morgan fingerprint density at radius 1 is 1.24 bits per heavy atom. The maximum Gasteiger partial charge on any atom is 0.524 e. The molecule has 33 heavy (non-hydrogen) atoms. The number of nitriles is 1. The molecule has 2 aromatic carbocycles. The van der Waals surface area contributed by atoms with Gasteiger partial charge in [0.2, 0.25) is 5.95 Å². The first-order chi connectivity index (χ1) is 15.6. The normalized spacial score (nSPS) is 11.4. The molecule has 3 N–H and O–H groups in total. The monoisotopic (exact) mass is 467 g/mol. The molecule has 0 atom stereocenters. The quantitative estimate of drug-likeness (QED) is 0.361. The van der Waals surface area contributed by atoms with Crippen molar-refractivity contribution in [3.8, 4) is 11.8 Å².